The fourth-order valence-electron chi connectivity index (χ4n) is 2.45. The standard InChI is InChI=1S/C15H24N4O3/c1-15(2,3)22-14(21)19-8-6-5-7-12(19)13(20)17-11-9-16-18(4)10-11/h9-10,12H,5-8H2,1-4H3,(H,17,20)/t12-/m1/s1. The van der Waals surface area contributed by atoms with Gasteiger partial charge in [0.1, 0.15) is 11.6 Å². The van der Waals surface area contributed by atoms with Gasteiger partial charge in [0.15, 0.2) is 0 Å². The van der Waals surface area contributed by atoms with E-state index in [9.17, 15) is 9.59 Å². The fraction of sp³-hybridized carbons (Fsp3) is 0.667. The maximum atomic E-state index is 12.5. The Bertz CT molecular complexity index is 547. The summed E-state index contributed by atoms with van der Waals surface area (Å²) in [6.07, 6.45) is 5.32. The molecule has 1 atom stereocenters. The molecule has 1 aliphatic heterocycles. The van der Waals surface area contributed by atoms with Crippen LogP contribution in [0.25, 0.3) is 0 Å². The van der Waals surface area contributed by atoms with Crippen LogP contribution in [-0.2, 0) is 16.6 Å². The van der Waals surface area contributed by atoms with Crippen molar-refractivity contribution in [1.82, 2.24) is 14.7 Å². The first-order valence-corrected chi connectivity index (χ1v) is 7.55. The number of nitrogens with one attached hydrogen (secondary N) is 1. The number of ether oxygens (including phenoxy) is 1. The summed E-state index contributed by atoms with van der Waals surface area (Å²) in [7, 11) is 1.78. The van der Waals surface area contributed by atoms with E-state index in [1.165, 1.54) is 4.90 Å². The topological polar surface area (TPSA) is 76.5 Å². The third-order valence-electron chi connectivity index (χ3n) is 3.41. The second-order valence-corrected chi connectivity index (χ2v) is 6.58. The molecule has 2 rings (SSSR count). The monoisotopic (exact) mass is 308 g/mol. The molecule has 122 valence electrons. The van der Waals surface area contributed by atoms with Gasteiger partial charge < -0.3 is 10.1 Å². The Morgan fingerprint density at radius 2 is 2.09 bits per heavy atom. The third-order valence-corrected chi connectivity index (χ3v) is 3.41. The lowest BCUT2D eigenvalue weighted by Gasteiger charge is -2.35. The van der Waals surface area contributed by atoms with Gasteiger partial charge in [0.2, 0.25) is 5.91 Å². The predicted octanol–water partition coefficient (Wildman–Crippen LogP) is 2.15. The quantitative estimate of drug-likeness (QED) is 0.908. The Morgan fingerprint density at radius 1 is 1.36 bits per heavy atom. The van der Waals surface area contributed by atoms with Crippen molar-refractivity contribution >= 4 is 17.7 Å². The molecule has 1 fully saturated rings. The summed E-state index contributed by atoms with van der Waals surface area (Å²) in [4.78, 5) is 26.3. The normalized spacial score (nSPS) is 18.9. The minimum atomic E-state index is -0.571. The highest BCUT2D eigenvalue weighted by Gasteiger charge is 2.34. The smallest absolute Gasteiger partial charge is 0.410 e. The molecular weight excluding hydrogens is 284 g/mol. The molecule has 0 saturated carbocycles. The number of aromatic nitrogens is 2. The lowest BCUT2D eigenvalue weighted by molar-refractivity contribution is -0.122. The number of hydrogen-bond acceptors (Lipinski definition) is 4. The second-order valence-electron chi connectivity index (χ2n) is 6.58. The van der Waals surface area contributed by atoms with Gasteiger partial charge in [-0.3, -0.25) is 14.4 Å². The Morgan fingerprint density at radius 3 is 2.68 bits per heavy atom. The molecule has 0 spiro atoms. The summed E-state index contributed by atoms with van der Waals surface area (Å²) >= 11 is 0. The molecule has 0 bridgehead atoms. The lowest BCUT2D eigenvalue weighted by Crippen LogP contribution is -2.51. The number of likely N-dealkylation sites (tertiary alicyclic amines) is 1. The van der Waals surface area contributed by atoms with Crippen LogP contribution in [0.4, 0.5) is 10.5 Å². The molecule has 7 nitrogen and oxygen atoms in total. The van der Waals surface area contributed by atoms with Crippen LogP contribution in [0.15, 0.2) is 12.4 Å². The van der Waals surface area contributed by atoms with Gasteiger partial charge in [-0.1, -0.05) is 0 Å². The molecule has 22 heavy (non-hydrogen) atoms. The molecule has 0 radical (unpaired) electrons. The summed E-state index contributed by atoms with van der Waals surface area (Å²) in [5.74, 6) is -0.196. The first kappa shape index (κ1) is 16.3. The number of nitrogens with zero attached hydrogens (tertiary/aromatic N) is 3. The summed E-state index contributed by atoms with van der Waals surface area (Å²) in [6.45, 7) is 6.00. The zero-order valence-corrected chi connectivity index (χ0v) is 13.6. The number of aryl methyl sites for hydroxylation is 1. The van der Waals surface area contributed by atoms with Gasteiger partial charge in [-0.05, 0) is 40.0 Å². The fourth-order valence-corrected chi connectivity index (χ4v) is 2.45. The maximum absolute atomic E-state index is 12.5. The molecule has 2 heterocycles. The van der Waals surface area contributed by atoms with Crippen molar-refractivity contribution in [1.29, 1.82) is 0 Å². The molecule has 0 unspecified atom stereocenters. The third kappa shape index (κ3) is 4.22. The van der Waals surface area contributed by atoms with Gasteiger partial charge >= 0.3 is 6.09 Å². The van der Waals surface area contributed by atoms with Crippen LogP contribution in [0.2, 0.25) is 0 Å². The predicted molar refractivity (Wildman–Crippen MR) is 82.4 cm³/mol. The highest BCUT2D eigenvalue weighted by molar-refractivity contribution is 5.96. The lowest BCUT2D eigenvalue weighted by atomic mass is 10.0. The largest absolute Gasteiger partial charge is 0.444 e. The molecular formula is C15H24N4O3. The molecule has 1 N–H and O–H groups in total. The van der Waals surface area contributed by atoms with Crippen LogP contribution in [0, 0.1) is 0 Å². The van der Waals surface area contributed by atoms with Gasteiger partial charge in [0.05, 0.1) is 11.9 Å². The number of hydrogen-bond donors (Lipinski definition) is 1. The van der Waals surface area contributed by atoms with Crippen molar-refractivity contribution in [3.8, 4) is 0 Å². The van der Waals surface area contributed by atoms with Crippen LogP contribution >= 0.6 is 0 Å². The van der Waals surface area contributed by atoms with Crippen LogP contribution in [0.1, 0.15) is 40.0 Å². The van der Waals surface area contributed by atoms with Crippen molar-refractivity contribution in [2.45, 2.75) is 51.7 Å². The molecule has 2 amide bonds. The van der Waals surface area contributed by atoms with E-state index in [2.05, 4.69) is 10.4 Å². The van der Waals surface area contributed by atoms with E-state index in [0.717, 1.165) is 12.8 Å². The average molecular weight is 308 g/mol. The summed E-state index contributed by atoms with van der Waals surface area (Å²) in [5.41, 5.74) is 0.0565. The van der Waals surface area contributed by atoms with Gasteiger partial charge in [0, 0.05) is 19.8 Å². The van der Waals surface area contributed by atoms with E-state index >= 15 is 0 Å². The van der Waals surface area contributed by atoms with Crippen molar-refractivity contribution in [3.05, 3.63) is 12.4 Å². The number of anilines is 1. The van der Waals surface area contributed by atoms with E-state index in [4.69, 9.17) is 4.74 Å². The van der Waals surface area contributed by atoms with Gasteiger partial charge in [0.25, 0.3) is 0 Å². The van der Waals surface area contributed by atoms with Crippen LogP contribution in [0.5, 0.6) is 0 Å². The van der Waals surface area contributed by atoms with E-state index in [0.29, 0.717) is 18.7 Å². The summed E-state index contributed by atoms with van der Waals surface area (Å²) in [6, 6.07) is -0.496. The SMILES string of the molecule is Cn1cc(NC(=O)[C@H]2CCCCN2C(=O)OC(C)(C)C)cn1. The molecule has 1 saturated heterocycles. The van der Waals surface area contributed by atoms with Crippen LogP contribution in [-0.4, -0.2) is 44.9 Å². The molecule has 1 aliphatic rings. The maximum Gasteiger partial charge on any atom is 0.410 e. The highest BCUT2D eigenvalue weighted by Crippen LogP contribution is 2.21. The number of rotatable bonds is 2. The second kappa shape index (κ2) is 6.37. The number of amides is 2. The number of carbonyl (C=O) groups excluding carboxylic acids is 2. The molecule has 7 heteroatoms. The van der Waals surface area contributed by atoms with Gasteiger partial charge in [-0.15, -0.1) is 0 Å². The summed E-state index contributed by atoms with van der Waals surface area (Å²) in [5, 5.41) is 6.82. The Balaban J connectivity index is 2.05. The van der Waals surface area contributed by atoms with Crippen molar-refractivity contribution in [2.24, 2.45) is 7.05 Å². The minimum Gasteiger partial charge on any atom is -0.444 e. The highest BCUT2D eigenvalue weighted by atomic mass is 16.6. The van der Waals surface area contributed by atoms with Gasteiger partial charge in [-0.25, -0.2) is 4.79 Å². The molecule has 1 aromatic rings. The van der Waals surface area contributed by atoms with E-state index in [1.54, 1.807) is 24.1 Å². The van der Waals surface area contributed by atoms with E-state index < -0.39 is 17.7 Å². The number of piperidine rings is 1. The van der Waals surface area contributed by atoms with Crippen LogP contribution in [0.3, 0.4) is 0 Å². The van der Waals surface area contributed by atoms with Crippen LogP contribution < -0.4 is 5.32 Å². The van der Waals surface area contributed by atoms with Crippen molar-refractivity contribution < 1.29 is 14.3 Å². The zero-order chi connectivity index (χ0) is 16.3. The Labute approximate surface area is 130 Å². The summed E-state index contributed by atoms with van der Waals surface area (Å²) < 4.78 is 7.02. The minimum absolute atomic E-state index is 0.196. The Hall–Kier alpha value is -2.05. The van der Waals surface area contributed by atoms with E-state index in [-0.39, 0.29) is 5.91 Å². The first-order valence-electron chi connectivity index (χ1n) is 7.55. The molecule has 0 aliphatic carbocycles. The average Bonchev–Trinajstić information content (AvgIpc) is 2.82. The van der Waals surface area contributed by atoms with Crippen molar-refractivity contribution in [2.75, 3.05) is 11.9 Å². The zero-order valence-electron chi connectivity index (χ0n) is 13.6. The first-order chi connectivity index (χ1) is 10.3. The number of carbonyl (C=O) groups is 2. The van der Waals surface area contributed by atoms with E-state index in [1.807, 2.05) is 20.8 Å². The van der Waals surface area contributed by atoms with Gasteiger partial charge in [-0.2, -0.15) is 5.10 Å². The molecule has 0 aromatic carbocycles. The van der Waals surface area contributed by atoms with Crippen molar-refractivity contribution in [3.63, 3.8) is 0 Å². The molecule has 1 aromatic heterocycles. The Kier molecular flexibility index (Phi) is 4.73.